The van der Waals surface area contributed by atoms with Gasteiger partial charge in [0, 0.05) is 11.5 Å². The van der Waals surface area contributed by atoms with E-state index in [9.17, 15) is 4.79 Å². The van der Waals surface area contributed by atoms with Crippen molar-refractivity contribution in [3.8, 4) is 11.1 Å². The molecule has 4 heteroatoms. The summed E-state index contributed by atoms with van der Waals surface area (Å²) in [6.07, 6.45) is 3.27. The maximum Gasteiger partial charge on any atom is 0.244 e. The summed E-state index contributed by atoms with van der Waals surface area (Å²) < 4.78 is 0. The molecule has 0 aliphatic carbocycles. The number of nitrogens with zero attached hydrogens (tertiary/aromatic N) is 1. The summed E-state index contributed by atoms with van der Waals surface area (Å²) in [7, 11) is 0. The Hall–Kier alpha value is -2.72. The van der Waals surface area contributed by atoms with Gasteiger partial charge in [-0.1, -0.05) is 54.6 Å². The van der Waals surface area contributed by atoms with E-state index in [2.05, 4.69) is 46.7 Å². The van der Waals surface area contributed by atoms with Crippen LogP contribution in [0.1, 0.15) is 29.2 Å². The van der Waals surface area contributed by atoms with E-state index in [4.69, 9.17) is 0 Å². The smallest absolute Gasteiger partial charge is 0.244 e. The van der Waals surface area contributed by atoms with E-state index in [1.807, 2.05) is 37.4 Å². The molecule has 0 spiro atoms. The lowest BCUT2D eigenvalue weighted by Crippen LogP contribution is -2.24. The molecular weight excluding hydrogens is 328 g/mol. The first-order valence-electron chi connectivity index (χ1n) is 8.18. The largest absolute Gasteiger partial charge is 0.346 e. The normalized spacial score (nSPS) is 12.2. The number of aromatic nitrogens is 1. The lowest BCUT2D eigenvalue weighted by atomic mass is 10.0. The molecule has 3 aromatic rings. The van der Waals surface area contributed by atoms with Crippen LogP contribution in [0.5, 0.6) is 0 Å². The maximum absolute atomic E-state index is 12.1. The molecule has 0 fully saturated rings. The molecular formula is C21H20N2OS. The molecule has 1 heterocycles. The Morgan fingerprint density at radius 3 is 2.40 bits per heavy atom. The molecule has 25 heavy (non-hydrogen) atoms. The summed E-state index contributed by atoms with van der Waals surface area (Å²) in [4.78, 5) is 16.4. The monoisotopic (exact) mass is 348 g/mol. The first-order chi connectivity index (χ1) is 12.1. The average Bonchev–Trinajstić information content (AvgIpc) is 3.06. The van der Waals surface area contributed by atoms with Gasteiger partial charge in [-0.05, 0) is 36.6 Å². The Kier molecular flexibility index (Phi) is 5.41. The van der Waals surface area contributed by atoms with Crippen LogP contribution >= 0.6 is 11.3 Å². The second-order valence-electron chi connectivity index (χ2n) is 5.84. The zero-order chi connectivity index (χ0) is 17.6. The molecule has 0 aliphatic heterocycles. The second-order valence-corrected chi connectivity index (χ2v) is 6.91. The molecule has 1 aromatic heterocycles. The Morgan fingerprint density at radius 1 is 1.08 bits per heavy atom. The van der Waals surface area contributed by atoms with Gasteiger partial charge in [-0.25, -0.2) is 4.98 Å². The van der Waals surface area contributed by atoms with Crippen LogP contribution in [0.25, 0.3) is 17.2 Å². The van der Waals surface area contributed by atoms with Crippen LogP contribution in [0, 0.1) is 6.92 Å². The molecule has 0 radical (unpaired) electrons. The van der Waals surface area contributed by atoms with Crippen LogP contribution in [-0.4, -0.2) is 10.9 Å². The van der Waals surface area contributed by atoms with Gasteiger partial charge in [0.2, 0.25) is 5.91 Å². The predicted octanol–water partition coefficient (Wildman–Crippen LogP) is 5.01. The highest BCUT2D eigenvalue weighted by atomic mass is 32.1. The standard InChI is InChI=1S/C21H20N2OS/c1-15(22-21(24)13-12-20-14-25-16(2)23-20)17-8-10-19(11-9-17)18-6-4-3-5-7-18/h3-15H,1-2H3,(H,22,24)/b13-12+/t15-/m0/s1. The van der Waals surface area contributed by atoms with Crippen LogP contribution in [-0.2, 0) is 4.79 Å². The van der Waals surface area contributed by atoms with Crippen LogP contribution in [0.2, 0.25) is 0 Å². The highest BCUT2D eigenvalue weighted by Crippen LogP contribution is 2.21. The van der Waals surface area contributed by atoms with Gasteiger partial charge in [0.25, 0.3) is 0 Å². The second kappa shape index (κ2) is 7.90. The van der Waals surface area contributed by atoms with Gasteiger partial charge in [0.15, 0.2) is 0 Å². The number of aryl methyl sites for hydroxylation is 1. The van der Waals surface area contributed by atoms with Crippen LogP contribution in [0.15, 0.2) is 66.1 Å². The third kappa shape index (κ3) is 4.64. The Balaban J connectivity index is 1.62. The zero-order valence-electron chi connectivity index (χ0n) is 14.3. The average molecular weight is 348 g/mol. The molecule has 3 rings (SSSR count). The molecule has 126 valence electrons. The van der Waals surface area contributed by atoms with Crippen molar-refractivity contribution in [3.05, 3.63) is 82.3 Å². The van der Waals surface area contributed by atoms with E-state index in [0.29, 0.717) is 0 Å². The summed E-state index contributed by atoms with van der Waals surface area (Å²) in [6, 6.07) is 18.5. The van der Waals surface area contributed by atoms with Crippen molar-refractivity contribution in [2.24, 2.45) is 0 Å². The number of hydrogen-bond acceptors (Lipinski definition) is 3. The summed E-state index contributed by atoms with van der Waals surface area (Å²) in [5, 5.41) is 5.91. The number of benzene rings is 2. The van der Waals surface area contributed by atoms with Gasteiger partial charge in [0.1, 0.15) is 0 Å². The number of amides is 1. The van der Waals surface area contributed by atoms with Crippen molar-refractivity contribution in [1.29, 1.82) is 0 Å². The number of carbonyl (C=O) groups is 1. The summed E-state index contributed by atoms with van der Waals surface area (Å²) in [5.41, 5.74) is 4.25. The molecule has 0 saturated heterocycles. The quantitative estimate of drug-likeness (QED) is 0.659. The lowest BCUT2D eigenvalue weighted by molar-refractivity contribution is -0.117. The molecule has 0 bridgehead atoms. The van der Waals surface area contributed by atoms with E-state index in [1.165, 1.54) is 17.2 Å². The Morgan fingerprint density at radius 2 is 1.76 bits per heavy atom. The third-order valence-electron chi connectivity index (χ3n) is 3.92. The molecule has 1 N–H and O–H groups in total. The number of rotatable bonds is 5. The lowest BCUT2D eigenvalue weighted by Gasteiger charge is -2.13. The van der Waals surface area contributed by atoms with Gasteiger partial charge in [-0.15, -0.1) is 11.3 Å². The minimum absolute atomic E-state index is 0.0563. The van der Waals surface area contributed by atoms with Crippen molar-refractivity contribution in [3.63, 3.8) is 0 Å². The minimum atomic E-state index is -0.120. The van der Waals surface area contributed by atoms with Gasteiger partial charge < -0.3 is 5.32 Å². The van der Waals surface area contributed by atoms with Crippen molar-refractivity contribution in [2.75, 3.05) is 0 Å². The first-order valence-corrected chi connectivity index (χ1v) is 9.06. The molecule has 0 unspecified atom stereocenters. The Bertz CT molecular complexity index is 866. The van der Waals surface area contributed by atoms with Gasteiger partial charge in [-0.3, -0.25) is 4.79 Å². The third-order valence-corrected chi connectivity index (χ3v) is 4.71. The van der Waals surface area contributed by atoms with Crippen LogP contribution in [0.3, 0.4) is 0 Å². The number of thiazole rings is 1. The van der Waals surface area contributed by atoms with Gasteiger partial charge >= 0.3 is 0 Å². The van der Waals surface area contributed by atoms with E-state index < -0.39 is 0 Å². The summed E-state index contributed by atoms with van der Waals surface area (Å²) in [6.45, 7) is 3.93. The number of carbonyl (C=O) groups excluding carboxylic acids is 1. The van der Waals surface area contributed by atoms with Crippen LogP contribution in [0.4, 0.5) is 0 Å². The fourth-order valence-corrected chi connectivity index (χ4v) is 3.14. The molecule has 3 nitrogen and oxygen atoms in total. The SMILES string of the molecule is Cc1nc(/C=C/C(=O)N[C@@H](C)c2ccc(-c3ccccc3)cc2)cs1. The molecule has 2 aromatic carbocycles. The first kappa shape index (κ1) is 17.1. The summed E-state index contributed by atoms with van der Waals surface area (Å²) in [5.74, 6) is -0.120. The highest BCUT2D eigenvalue weighted by Gasteiger charge is 2.08. The van der Waals surface area contributed by atoms with Crippen molar-refractivity contribution in [2.45, 2.75) is 19.9 Å². The molecule has 1 atom stereocenters. The topological polar surface area (TPSA) is 42.0 Å². The van der Waals surface area contributed by atoms with Crippen molar-refractivity contribution in [1.82, 2.24) is 10.3 Å². The number of nitrogens with one attached hydrogen (secondary N) is 1. The minimum Gasteiger partial charge on any atom is -0.346 e. The molecule has 0 aliphatic rings. The Labute approximate surface area is 152 Å². The van der Waals surface area contributed by atoms with Crippen molar-refractivity contribution >= 4 is 23.3 Å². The van der Waals surface area contributed by atoms with Gasteiger partial charge in [-0.2, -0.15) is 0 Å². The van der Waals surface area contributed by atoms with Crippen LogP contribution < -0.4 is 5.32 Å². The van der Waals surface area contributed by atoms with E-state index in [0.717, 1.165) is 16.3 Å². The molecule has 0 saturated carbocycles. The fraction of sp³-hybridized carbons (Fsp3) is 0.143. The van der Waals surface area contributed by atoms with Crippen molar-refractivity contribution < 1.29 is 4.79 Å². The maximum atomic E-state index is 12.1. The van der Waals surface area contributed by atoms with E-state index >= 15 is 0 Å². The molecule has 1 amide bonds. The van der Waals surface area contributed by atoms with E-state index in [-0.39, 0.29) is 11.9 Å². The highest BCUT2D eigenvalue weighted by molar-refractivity contribution is 7.09. The zero-order valence-corrected chi connectivity index (χ0v) is 15.1. The summed E-state index contributed by atoms with van der Waals surface area (Å²) >= 11 is 1.57. The van der Waals surface area contributed by atoms with Gasteiger partial charge in [0.05, 0.1) is 16.7 Å². The fourth-order valence-electron chi connectivity index (χ4n) is 2.56. The van der Waals surface area contributed by atoms with E-state index in [1.54, 1.807) is 17.4 Å². The predicted molar refractivity (Wildman–Crippen MR) is 104 cm³/mol. The number of hydrogen-bond donors (Lipinski definition) is 1.